The number of urea groups is 1. The fourth-order valence-corrected chi connectivity index (χ4v) is 4.44. The number of anilines is 2. The van der Waals surface area contributed by atoms with Crippen molar-refractivity contribution in [2.45, 2.75) is 46.0 Å². The van der Waals surface area contributed by atoms with Gasteiger partial charge in [0.25, 0.3) is 0 Å². The van der Waals surface area contributed by atoms with Gasteiger partial charge in [-0.15, -0.1) is 0 Å². The molecule has 0 aliphatic rings. The molecule has 10 nitrogen and oxygen atoms in total. The number of carbonyl (C=O) groups excluding carboxylic acids is 2. The van der Waals surface area contributed by atoms with Gasteiger partial charge in [-0.25, -0.2) is 10.3 Å². The fraction of sp³-hybridized carbons (Fsp3) is 0.281. The standard InChI is InChI=1S/C32H36N4O6/c1-21-9-14-26(22(2)18-21)35-32(38)34-23-10-12-24(13-11-23)42-28-15-16-33-27-20-30(29(40-3)19-25(27)28)41-17-7-5-4-6-8-31(37)36-39/h9-16,18-20,39H,4-8,17H2,1-3H3,(H,36,37)(H2,34,35,38). The van der Waals surface area contributed by atoms with Crippen LogP contribution in [0.5, 0.6) is 23.0 Å². The Balaban J connectivity index is 1.35. The van der Waals surface area contributed by atoms with Gasteiger partial charge in [0.05, 0.1) is 19.2 Å². The van der Waals surface area contributed by atoms with Crippen molar-refractivity contribution in [3.05, 3.63) is 78.0 Å². The Morgan fingerprint density at radius 3 is 2.38 bits per heavy atom. The summed E-state index contributed by atoms with van der Waals surface area (Å²) in [6.45, 7) is 4.46. The third-order valence-corrected chi connectivity index (χ3v) is 6.64. The highest BCUT2D eigenvalue weighted by Crippen LogP contribution is 2.37. The van der Waals surface area contributed by atoms with E-state index in [1.54, 1.807) is 49.1 Å². The van der Waals surface area contributed by atoms with E-state index in [9.17, 15) is 9.59 Å². The molecule has 0 fully saturated rings. The van der Waals surface area contributed by atoms with Crippen LogP contribution in [0.25, 0.3) is 10.9 Å². The number of amides is 3. The molecule has 4 rings (SSSR count). The van der Waals surface area contributed by atoms with E-state index in [1.165, 1.54) is 0 Å². The lowest BCUT2D eigenvalue weighted by atomic mass is 10.1. The molecular formula is C32H36N4O6. The maximum Gasteiger partial charge on any atom is 0.323 e. The van der Waals surface area contributed by atoms with E-state index in [1.807, 2.05) is 44.2 Å². The molecule has 4 aromatic rings. The predicted molar refractivity (Wildman–Crippen MR) is 162 cm³/mol. The predicted octanol–water partition coefficient (Wildman–Crippen LogP) is 7.13. The molecule has 0 spiro atoms. The number of benzene rings is 3. The number of aromatic nitrogens is 1. The number of hydrogen-bond acceptors (Lipinski definition) is 7. The van der Waals surface area contributed by atoms with Crippen LogP contribution in [0, 0.1) is 13.8 Å². The third kappa shape index (κ3) is 8.34. The van der Waals surface area contributed by atoms with Gasteiger partial charge in [-0.1, -0.05) is 30.5 Å². The Bertz CT molecular complexity index is 1520. The van der Waals surface area contributed by atoms with Crippen molar-refractivity contribution in [3.8, 4) is 23.0 Å². The lowest BCUT2D eigenvalue weighted by Gasteiger charge is -2.14. The SMILES string of the molecule is COc1cc2c(Oc3ccc(NC(=O)Nc4ccc(C)cc4C)cc3)ccnc2cc1OCCCCCCC(=O)NO. The molecule has 0 saturated heterocycles. The highest BCUT2D eigenvalue weighted by atomic mass is 16.5. The number of unbranched alkanes of at least 4 members (excludes halogenated alkanes) is 3. The Morgan fingerprint density at radius 1 is 0.857 bits per heavy atom. The first kappa shape index (κ1) is 30.1. The number of nitrogens with one attached hydrogen (secondary N) is 3. The number of ether oxygens (including phenoxy) is 3. The van der Waals surface area contributed by atoms with Crippen molar-refractivity contribution in [3.63, 3.8) is 0 Å². The highest BCUT2D eigenvalue weighted by molar-refractivity contribution is 6.00. The molecule has 0 aliphatic carbocycles. The molecule has 0 atom stereocenters. The molecule has 0 bridgehead atoms. The van der Waals surface area contributed by atoms with Crippen molar-refractivity contribution in [2.75, 3.05) is 24.4 Å². The molecule has 42 heavy (non-hydrogen) atoms. The maximum atomic E-state index is 12.5. The van der Waals surface area contributed by atoms with Gasteiger partial charge in [-0.3, -0.25) is 15.0 Å². The van der Waals surface area contributed by atoms with Gasteiger partial charge >= 0.3 is 6.03 Å². The Hall–Kier alpha value is -4.83. The van der Waals surface area contributed by atoms with Crippen molar-refractivity contribution < 1.29 is 29.0 Å². The van der Waals surface area contributed by atoms with Crippen LogP contribution in [-0.2, 0) is 4.79 Å². The van der Waals surface area contributed by atoms with Gasteiger partial charge in [0.2, 0.25) is 5.91 Å². The number of hydroxylamine groups is 1. The van der Waals surface area contributed by atoms with Crippen LogP contribution in [0.4, 0.5) is 16.2 Å². The molecule has 220 valence electrons. The summed E-state index contributed by atoms with van der Waals surface area (Å²) in [4.78, 5) is 28.0. The molecule has 3 amide bonds. The summed E-state index contributed by atoms with van der Waals surface area (Å²) >= 11 is 0. The van der Waals surface area contributed by atoms with E-state index >= 15 is 0 Å². The lowest BCUT2D eigenvalue weighted by molar-refractivity contribution is -0.129. The van der Waals surface area contributed by atoms with Crippen molar-refractivity contribution in [1.29, 1.82) is 0 Å². The molecular weight excluding hydrogens is 536 g/mol. The molecule has 0 aliphatic heterocycles. The smallest absolute Gasteiger partial charge is 0.323 e. The summed E-state index contributed by atoms with van der Waals surface area (Å²) in [6.07, 6.45) is 5.26. The average molecular weight is 573 g/mol. The van der Waals surface area contributed by atoms with Crippen LogP contribution in [-0.4, -0.2) is 35.8 Å². The first-order valence-electron chi connectivity index (χ1n) is 13.8. The van der Waals surface area contributed by atoms with Gasteiger partial charge < -0.3 is 24.8 Å². The van der Waals surface area contributed by atoms with Crippen LogP contribution < -0.4 is 30.3 Å². The Kier molecular flexibility index (Phi) is 10.5. The Labute approximate surface area is 245 Å². The lowest BCUT2D eigenvalue weighted by Crippen LogP contribution is -2.19. The average Bonchev–Trinajstić information content (AvgIpc) is 2.98. The summed E-state index contributed by atoms with van der Waals surface area (Å²) in [6, 6.07) is 18.1. The summed E-state index contributed by atoms with van der Waals surface area (Å²) in [5.41, 5.74) is 5.85. The van der Waals surface area contributed by atoms with Crippen LogP contribution in [0.15, 0.2) is 66.9 Å². The van der Waals surface area contributed by atoms with Crippen LogP contribution in [0.2, 0.25) is 0 Å². The van der Waals surface area contributed by atoms with Crippen LogP contribution in [0.1, 0.15) is 43.2 Å². The van der Waals surface area contributed by atoms with Crippen molar-refractivity contribution in [1.82, 2.24) is 10.5 Å². The number of methoxy groups -OCH3 is 1. The zero-order valence-electron chi connectivity index (χ0n) is 24.0. The van der Waals surface area contributed by atoms with E-state index in [0.717, 1.165) is 41.5 Å². The number of pyridine rings is 1. The van der Waals surface area contributed by atoms with Crippen molar-refractivity contribution in [2.24, 2.45) is 0 Å². The summed E-state index contributed by atoms with van der Waals surface area (Å²) in [5, 5.41) is 15.0. The molecule has 0 unspecified atom stereocenters. The van der Waals surface area contributed by atoms with E-state index in [2.05, 4.69) is 15.6 Å². The molecule has 1 heterocycles. The molecule has 0 radical (unpaired) electrons. The largest absolute Gasteiger partial charge is 0.493 e. The molecule has 10 heteroatoms. The zero-order chi connectivity index (χ0) is 29.9. The minimum atomic E-state index is -0.370. The van der Waals surface area contributed by atoms with Crippen LogP contribution in [0.3, 0.4) is 0 Å². The number of nitrogens with zero attached hydrogens (tertiary/aromatic N) is 1. The molecule has 4 N–H and O–H groups in total. The van der Waals surface area contributed by atoms with Crippen LogP contribution >= 0.6 is 0 Å². The number of hydrogen-bond donors (Lipinski definition) is 4. The molecule has 0 saturated carbocycles. The number of carbonyl (C=O) groups is 2. The van der Waals surface area contributed by atoms with E-state index < -0.39 is 0 Å². The highest BCUT2D eigenvalue weighted by Gasteiger charge is 2.13. The summed E-state index contributed by atoms with van der Waals surface area (Å²) in [7, 11) is 1.58. The van der Waals surface area contributed by atoms with Gasteiger partial charge in [-0.2, -0.15) is 0 Å². The normalized spacial score (nSPS) is 10.7. The molecule has 1 aromatic heterocycles. The second-order valence-electron chi connectivity index (χ2n) is 9.90. The quantitative estimate of drug-likeness (QED) is 0.0761. The second-order valence-corrected chi connectivity index (χ2v) is 9.90. The van der Waals surface area contributed by atoms with Gasteiger partial charge in [0.1, 0.15) is 11.5 Å². The zero-order valence-corrected chi connectivity index (χ0v) is 24.0. The second kappa shape index (κ2) is 14.7. The van der Waals surface area contributed by atoms with Gasteiger partial charge in [0, 0.05) is 35.4 Å². The van der Waals surface area contributed by atoms with E-state index in [-0.39, 0.29) is 11.9 Å². The molecule has 3 aromatic carbocycles. The monoisotopic (exact) mass is 572 g/mol. The minimum absolute atomic E-state index is 0.304. The first-order valence-corrected chi connectivity index (χ1v) is 13.8. The third-order valence-electron chi connectivity index (χ3n) is 6.64. The maximum absolute atomic E-state index is 12.5. The minimum Gasteiger partial charge on any atom is -0.493 e. The fourth-order valence-electron chi connectivity index (χ4n) is 4.44. The first-order chi connectivity index (χ1) is 20.4. The summed E-state index contributed by atoms with van der Waals surface area (Å²) in [5.74, 6) is 1.98. The number of rotatable bonds is 13. The van der Waals surface area contributed by atoms with Gasteiger partial charge in [-0.05, 0) is 74.7 Å². The van der Waals surface area contributed by atoms with E-state index in [0.29, 0.717) is 53.7 Å². The van der Waals surface area contributed by atoms with Crippen molar-refractivity contribution >= 4 is 34.2 Å². The Morgan fingerprint density at radius 2 is 1.64 bits per heavy atom. The van der Waals surface area contributed by atoms with Gasteiger partial charge in [0.15, 0.2) is 11.5 Å². The number of aryl methyl sites for hydroxylation is 2. The summed E-state index contributed by atoms with van der Waals surface area (Å²) < 4.78 is 17.7. The topological polar surface area (TPSA) is 131 Å². The number of fused-ring (bicyclic) bond motifs is 1. The van der Waals surface area contributed by atoms with E-state index in [4.69, 9.17) is 19.4 Å².